The molecule has 22 heavy (non-hydrogen) atoms. The summed E-state index contributed by atoms with van der Waals surface area (Å²) in [5.74, 6) is 0. The Morgan fingerprint density at radius 1 is 1.18 bits per heavy atom. The van der Waals surface area contributed by atoms with Crippen LogP contribution in [-0.4, -0.2) is 33.0 Å². The standard InChI is InChI=1S/C13H21N3O4S.ClH/c1-4-5-14-6-7-15-21(19,20)13-9-12(16(17)18)8-10(2)11(13)3;/h8-9,14-15H,4-7H2,1-3H3;1H. The SMILES string of the molecule is CCCNCCNS(=O)(=O)c1cc([N+](=O)[O-])cc(C)c1C.Cl. The van der Waals surface area contributed by atoms with Crippen LogP contribution in [0.3, 0.4) is 0 Å². The van der Waals surface area contributed by atoms with Gasteiger partial charge >= 0.3 is 0 Å². The minimum atomic E-state index is -3.75. The summed E-state index contributed by atoms with van der Waals surface area (Å²) in [6.45, 7) is 6.89. The highest BCUT2D eigenvalue weighted by atomic mass is 35.5. The maximum atomic E-state index is 12.3. The fourth-order valence-corrected chi connectivity index (χ4v) is 3.21. The average Bonchev–Trinajstić information content (AvgIpc) is 2.40. The zero-order valence-corrected chi connectivity index (χ0v) is 14.5. The van der Waals surface area contributed by atoms with Crippen LogP contribution in [0.1, 0.15) is 24.5 Å². The molecule has 0 radical (unpaired) electrons. The van der Waals surface area contributed by atoms with E-state index >= 15 is 0 Å². The summed E-state index contributed by atoms with van der Waals surface area (Å²) in [4.78, 5) is 10.2. The molecular formula is C13H22ClN3O4S. The van der Waals surface area contributed by atoms with Gasteiger partial charge in [-0.3, -0.25) is 10.1 Å². The normalized spacial score (nSPS) is 11.0. The Labute approximate surface area is 137 Å². The molecule has 0 fully saturated rings. The number of aryl methyl sites for hydroxylation is 1. The molecule has 0 aliphatic carbocycles. The predicted molar refractivity (Wildman–Crippen MR) is 88.2 cm³/mol. The van der Waals surface area contributed by atoms with Crippen LogP contribution in [0.15, 0.2) is 17.0 Å². The smallest absolute Gasteiger partial charge is 0.271 e. The molecule has 0 aromatic heterocycles. The molecule has 0 saturated carbocycles. The van der Waals surface area contributed by atoms with Gasteiger partial charge in [0, 0.05) is 25.2 Å². The molecule has 2 N–H and O–H groups in total. The van der Waals surface area contributed by atoms with Gasteiger partial charge in [-0.25, -0.2) is 13.1 Å². The zero-order valence-electron chi connectivity index (χ0n) is 12.9. The number of nitro groups is 1. The van der Waals surface area contributed by atoms with Crippen molar-refractivity contribution in [3.63, 3.8) is 0 Å². The van der Waals surface area contributed by atoms with Crippen molar-refractivity contribution >= 4 is 28.1 Å². The molecule has 126 valence electrons. The third kappa shape index (κ3) is 5.53. The van der Waals surface area contributed by atoms with E-state index in [1.165, 1.54) is 6.07 Å². The van der Waals surface area contributed by atoms with Crippen molar-refractivity contribution in [3.8, 4) is 0 Å². The van der Waals surface area contributed by atoms with Gasteiger partial charge in [-0.2, -0.15) is 0 Å². The van der Waals surface area contributed by atoms with Crippen molar-refractivity contribution in [3.05, 3.63) is 33.4 Å². The van der Waals surface area contributed by atoms with Crippen molar-refractivity contribution in [2.24, 2.45) is 0 Å². The minimum Gasteiger partial charge on any atom is -0.315 e. The molecule has 0 heterocycles. The van der Waals surface area contributed by atoms with Gasteiger partial charge in [0.05, 0.1) is 9.82 Å². The molecule has 0 saturated heterocycles. The van der Waals surface area contributed by atoms with E-state index < -0.39 is 14.9 Å². The second kappa shape index (κ2) is 9.04. The number of non-ortho nitro benzene ring substituents is 1. The Bertz CT molecular complexity index is 620. The van der Waals surface area contributed by atoms with E-state index in [2.05, 4.69) is 10.0 Å². The Kier molecular flexibility index (Phi) is 8.54. The lowest BCUT2D eigenvalue weighted by Gasteiger charge is -2.11. The fraction of sp³-hybridized carbons (Fsp3) is 0.538. The predicted octanol–water partition coefficient (Wildman–Crippen LogP) is 1.91. The highest BCUT2D eigenvalue weighted by Crippen LogP contribution is 2.25. The monoisotopic (exact) mass is 351 g/mol. The number of hydrogen-bond acceptors (Lipinski definition) is 5. The lowest BCUT2D eigenvalue weighted by molar-refractivity contribution is -0.385. The zero-order chi connectivity index (χ0) is 16.0. The van der Waals surface area contributed by atoms with Gasteiger partial charge in [0.1, 0.15) is 0 Å². The Hall–Kier alpha value is -1.22. The summed E-state index contributed by atoms with van der Waals surface area (Å²) >= 11 is 0. The number of nitrogens with zero attached hydrogens (tertiary/aromatic N) is 1. The number of hydrogen-bond donors (Lipinski definition) is 2. The summed E-state index contributed by atoms with van der Waals surface area (Å²) in [5.41, 5.74) is 0.880. The van der Waals surface area contributed by atoms with Gasteiger partial charge in [0.15, 0.2) is 0 Å². The van der Waals surface area contributed by atoms with E-state index in [9.17, 15) is 18.5 Å². The first-order valence-electron chi connectivity index (χ1n) is 6.75. The van der Waals surface area contributed by atoms with Crippen molar-refractivity contribution in [1.82, 2.24) is 10.0 Å². The average molecular weight is 352 g/mol. The number of nitro benzene ring substituents is 1. The van der Waals surface area contributed by atoms with Crippen LogP contribution in [-0.2, 0) is 10.0 Å². The van der Waals surface area contributed by atoms with Gasteiger partial charge in [0.25, 0.3) is 5.69 Å². The fourth-order valence-electron chi connectivity index (χ4n) is 1.85. The van der Waals surface area contributed by atoms with E-state index in [0.717, 1.165) is 19.0 Å². The highest BCUT2D eigenvalue weighted by Gasteiger charge is 2.21. The number of benzene rings is 1. The summed E-state index contributed by atoms with van der Waals surface area (Å²) in [7, 11) is -3.75. The summed E-state index contributed by atoms with van der Waals surface area (Å²) in [6, 6.07) is 2.47. The second-order valence-corrected chi connectivity index (χ2v) is 6.53. The molecule has 0 atom stereocenters. The third-order valence-corrected chi connectivity index (χ3v) is 4.71. The molecule has 0 aliphatic rings. The first-order chi connectivity index (χ1) is 9.79. The third-order valence-electron chi connectivity index (χ3n) is 3.13. The maximum absolute atomic E-state index is 12.3. The lowest BCUT2D eigenvalue weighted by atomic mass is 10.1. The van der Waals surface area contributed by atoms with Gasteiger partial charge in [-0.1, -0.05) is 6.92 Å². The Morgan fingerprint density at radius 2 is 1.82 bits per heavy atom. The molecular weight excluding hydrogens is 330 g/mol. The minimum absolute atomic E-state index is 0. The topological polar surface area (TPSA) is 101 Å². The van der Waals surface area contributed by atoms with Crippen molar-refractivity contribution < 1.29 is 13.3 Å². The first kappa shape index (κ1) is 20.8. The van der Waals surface area contributed by atoms with Crippen LogP contribution < -0.4 is 10.0 Å². The number of nitrogens with one attached hydrogen (secondary N) is 2. The van der Waals surface area contributed by atoms with E-state index in [4.69, 9.17) is 0 Å². The Balaban J connectivity index is 0.00000441. The molecule has 0 aliphatic heterocycles. The van der Waals surface area contributed by atoms with Crippen LogP contribution in [0.25, 0.3) is 0 Å². The summed E-state index contributed by atoms with van der Waals surface area (Å²) in [6.07, 6.45) is 0.968. The van der Waals surface area contributed by atoms with E-state index in [-0.39, 0.29) is 29.5 Å². The van der Waals surface area contributed by atoms with Crippen LogP contribution in [0.2, 0.25) is 0 Å². The van der Waals surface area contributed by atoms with Crippen LogP contribution in [0, 0.1) is 24.0 Å². The molecule has 9 heteroatoms. The van der Waals surface area contributed by atoms with Crippen molar-refractivity contribution in [2.45, 2.75) is 32.1 Å². The maximum Gasteiger partial charge on any atom is 0.271 e. The molecule has 0 spiro atoms. The number of sulfonamides is 1. The quantitative estimate of drug-likeness (QED) is 0.423. The summed E-state index contributed by atoms with van der Waals surface area (Å²) in [5, 5.41) is 13.9. The molecule has 7 nitrogen and oxygen atoms in total. The molecule has 0 unspecified atom stereocenters. The largest absolute Gasteiger partial charge is 0.315 e. The van der Waals surface area contributed by atoms with Crippen LogP contribution in [0.4, 0.5) is 5.69 Å². The van der Waals surface area contributed by atoms with Gasteiger partial charge < -0.3 is 5.32 Å². The van der Waals surface area contributed by atoms with Crippen molar-refractivity contribution in [1.29, 1.82) is 0 Å². The summed E-state index contributed by atoms with van der Waals surface area (Å²) < 4.78 is 27.0. The highest BCUT2D eigenvalue weighted by molar-refractivity contribution is 7.89. The van der Waals surface area contributed by atoms with Gasteiger partial charge in [-0.05, 0) is 37.9 Å². The van der Waals surface area contributed by atoms with E-state index in [0.29, 0.717) is 17.7 Å². The van der Waals surface area contributed by atoms with Crippen LogP contribution >= 0.6 is 12.4 Å². The lowest BCUT2D eigenvalue weighted by Crippen LogP contribution is -2.32. The van der Waals surface area contributed by atoms with Crippen LogP contribution in [0.5, 0.6) is 0 Å². The number of halogens is 1. The molecule has 1 rings (SSSR count). The van der Waals surface area contributed by atoms with E-state index in [1.807, 2.05) is 6.92 Å². The molecule has 0 amide bonds. The van der Waals surface area contributed by atoms with E-state index in [1.54, 1.807) is 13.8 Å². The van der Waals surface area contributed by atoms with Gasteiger partial charge in [0.2, 0.25) is 10.0 Å². The Morgan fingerprint density at radius 3 is 2.36 bits per heavy atom. The van der Waals surface area contributed by atoms with Gasteiger partial charge in [-0.15, -0.1) is 12.4 Å². The van der Waals surface area contributed by atoms with Crippen molar-refractivity contribution in [2.75, 3.05) is 19.6 Å². The molecule has 0 bridgehead atoms. The molecule has 1 aromatic carbocycles. The number of rotatable bonds is 8. The first-order valence-corrected chi connectivity index (χ1v) is 8.24. The molecule has 1 aromatic rings. The second-order valence-electron chi connectivity index (χ2n) is 4.79.